The fourth-order valence-electron chi connectivity index (χ4n) is 3.86. The number of carbonyl (C=O) groups is 1. The summed E-state index contributed by atoms with van der Waals surface area (Å²) in [5.41, 5.74) is -0.752. The van der Waals surface area contributed by atoms with E-state index < -0.39 is 48.6 Å². The second-order valence-corrected chi connectivity index (χ2v) is 9.76. The number of carbonyl (C=O) groups excluding carboxylic acids is 1. The van der Waals surface area contributed by atoms with E-state index in [1.165, 1.54) is 41.5 Å². The number of aromatic nitrogens is 7. The van der Waals surface area contributed by atoms with Gasteiger partial charge in [-0.15, -0.1) is 10.2 Å². The van der Waals surface area contributed by atoms with Crippen LogP contribution in [0.3, 0.4) is 0 Å². The number of rotatable bonds is 8. The normalized spacial score (nSPS) is 17.0. The highest BCUT2D eigenvalue weighted by molar-refractivity contribution is 6.32. The number of hydrogen-bond acceptors (Lipinski definition) is 6. The fourth-order valence-corrected chi connectivity index (χ4v) is 4.19. The first kappa shape index (κ1) is 27.7. The molecule has 0 bridgehead atoms. The first-order chi connectivity index (χ1) is 18.8. The lowest BCUT2D eigenvalue weighted by Gasteiger charge is -2.22. The molecule has 3 aromatic heterocycles. The Labute approximate surface area is 231 Å². The molecule has 1 saturated carbocycles. The first-order valence-electron chi connectivity index (χ1n) is 11.5. The van der Waals surface area contributed by atoms with Gasteiger partial charge >= 0.3 is 11.9 Å². The van der Waals surface area contributed by atoms with Crippen LogP contribution in [0.25, 0.3) is 17.2 Å². The second-order valence-electron chi connectivity index (χ2n) is 8.92. The molecular weight excluding hydrogens is 586 g/mol. The van der Waals surface area contributed by atoms with Crippen LogP contribution in [-0.4, -0.2) is 58.1 Å². The van der Waals surface area contributed by atoms with Crippen LogP contribution in [0, 0.1) is 5.92 Å². The molecular formula is C23H17Cl2F5N8O2. The van der Waals surface area contributed by atoms with Gasteiger partial charge in [-0.25, -0.2) is 32.9 Å². The number of hydrogen-bond donors (Lipinski definition) is 1. The van der Waals surface area contributed by atoms with Crippen molar-refractivity contribution in [3.8, 4) is 17.2 Å². The Bertz CT molecular complexity index is 1620. The number of pyridine rings is 1. The van der Waals surface area contributed by atoms with Gasteiger partial charge < -0.3 is 5.32 Å². The SMILES string of the molecule is O=C(NC(Cn1c(-c2ccc(Cl)cc2)nn(Cc2ncn(-c3ncccc3Cl)n2)c1=O)C(F)(F)F)C1CC1(F)F. The third-order valence-electron chi connectivity index (χ3n) is 6.03. The highest BCUT2D eigenvalue weighted by Crippen LogP contribution is 2.48. The van der Waals surface area contributed by atoms with Gasteiger partial charge in [-0.3, -0.25) is 9.36 Å². The largest absolute Gasteiger partial charge is 0.410 e. The number of alkyl halides is 5. The summed E-state index contributed by atoms with van der Waals surface area (Å²) in [4.78, 5) is 33.6. The van der Waals surface area contributed by atoms with Gasteiger partial charge in [0.2, 0.25) is 5.91 Å². The maximum absolute atomic E-state index is 13.9. The van der Waals surface area contributed by atoms with Gasteiger partial charge in [-0.05, 0) is 36.4 Å². The summed E-state index contributed by atoms with van der Waals surface area (Å²) < 4.78 is 71.1. The van der Waals surface area contributed by atoms with E-state index in [1.54, 1.807) is 17.4 Å². The quantitative estimate of drug-likeness (QED) is 0.307. The molecule has 1 aliphatic carbocycles. The lowest BCUT2D eigenvalue weighted by Crippen LogP contribution is -2.50. The maximum Gasteiger partial charge on any atom is 0.410 e. The Morgan fingerprint density at radius 2 is 1.82 bits per heavy atom. The molecule has 2 unspecified atom stereocenters. The average molecular weight is 603 g/mol. The molecule has 17 heteroatoms. The van der Waals surface area contributed by atoms with Crippen LogP contribution < -0.4 is 11.0 Å². The van der Waals surface area contributed by atoms with E-state index in [4.69, 9.17) is 23.2 Å². The number of benzene rings is 1. The molecule has 1 N–H and O–H groups in total. The highest BCUT2D eigenvalue weighted by atomic mass is 35.5. The molecule has 40 heavy (non-hydrogen) atoms. The zero-order valence-electron chi connectivity index (χ0n) is 20.0. The predicted octanol–water partition coefficient (Wildman–Crippen LogP) is 3.74. The average Bonchev–Trinajstić information content (AvgIpc) is 3.18. The summed E-state index contributed by atoms with van der Waals surface area (Å²) in [7, 11) is 0. The van der Waals surface area contributed by atoms with Crippen molar-refractivity contribution in [2.75, 3.05) is 0 Å². The van der Waals surface area contributed by atoms with Crippen LogP contribution >= 0.6 is 23.2 Å². The summed E-state index contributed by atoms with van der Waals surface area (Å²) in [5.74, 6) is -6.55. The summed E-state index contributed by atoms with van der Waals surface area (Å²) >= 11 is 12.0. The molecule has 1 aliphatic rings. The minimum absolute atomic E-state index is 0.0627. The molecule has 2 atom stereocenters. The number of halogens is 7. The summed E-state index contributed by atoms with van der Waals surface area (Å²) in [6.07, 6.45) is -3.15. The number of nitrogens with zero attached hydrogens (tertiary/aromatic N) is 7. The van der Waals surface area contributed by atoms with Crippen molar-refractivity contribution in [2.45, 2.75) is 37.7 Å². The zero-order chi connectivity index (χ0) is 28.8. The van der Waals surface area contributed by atoms with Gasteiger partial charge in [0.05, 0.1) is 11.6 Å². The summed E-state index contributed by atoms with van der Waals surface area (Å²) in [6, 6.07) is 6.31. The molecule has 0 aliphatic heterocycles. The first-order valence-corrected chi connectivity index (χ1v) is 12.3. The molecule has 1 aromatic carbocycles. The molecule has 210 valence electrons. The summed E-state index contributed by atoms with van der Waals surface area (Å²) in [6.45, 7) is -1.48. The van der Waals surface area contributed by atoms with E-state index in [0.717, 1.165) is 4.68 Å². The Balaban J connectivity index is 1.49. The molecule has 4 aromatic rings. The lowest BCUT2D eigenvalue weighted by molar-refractivity contribution is -0.165. The van der Waals surface area contributed by atoms with E-state index in [9.17, 15) is 31.5 Å². The van der Waals surface area contributed by atoms with Crippen LogP contribution in [0.2, 0.25) is 10.0 Å². The van der Waals surface area contributed by atoms with E-state index in [-0.39, 0.29) is 34.6 Å². The van der Waals surface area contributed by atoms with Gasteiger partial charge in [0.25, 0.3) is 5.92 Å². The van der Waals surface area contributed by atoms with Crippen molar-refractivity contribution >= 4 is 29.1 Å². The van der Waals surface area contributed by atoms with Crippen molar-refractivity contribution in [3.63, 3.8) is 0 Å². The van der Waals surface area contributed by atoms with E-state index in [1.807, 2.05) is 0 Å². The van der Waals surface area contributed by atoms with Gasteiger partial charge in [-0.2, -0.15) is 13.2 Å². The molecule has 5 rings (SSSR count). The maximum atomic E-state index is 13.9. The highest BCUT2D eigenvalue weighted by Gasteiger charge is 2.62. The van der Waals surface area contributed by atoms with E-state index in [0.29, 0.717) is 9.59 Å². The molecule has 0 saturated heterocycles. The smallest absolute Gasteiger partial charge is 0.343 e. The van der Waals surface area contributed by atoms with Gasteiger partial charge in [0.15, 0.2) is 17.5 Å². The van der Waals surface area contributed by atoms with Gasteiger partial charge in [0, 0.05) is 23.2 Å². The molecule has 0 radical (unpaired) electrons. The van der Waals surface area contributed by atoms with Crippen molar-refractivity contribution in [1.29, 1.82) is 0 Å². The summed E-state index contributed by atoms with van der Waals surface area (Å²) in [5, 5.41) is 10.6. The number of amides is 1. The Morgan fingerprint density at radius 3 is 2.45 bits per heavy atom. The van der Waals surface area contributed by atoms with Crippen LogP contribution in [0.4, 0.5) is 22.0 Å². The van der Waals surface area contributed by atoms with Gasteiger partial charge in [0.1, 0.15) is 24.8 Å². The van der Waals surface area contributed by atoms with Gasteiger partial charge in [-0.1, -0.05) is 23.2 Å². The van der Waals surface area contributed by atoms with Crippen molar-refractivity contribution < 1.29 is 26.7 Å². The zero-order valence-corrected chi connectivity index (χ0v) is 21.5. The minimum Gasteiger partial charge on any atom is -0.343 e. The Hall–Kier alpha value is -3.85. The monoisotopic (exact) mass is 602 g/mol. The fraction of sp³-hybridized carbons (Fsp3) is 0.304. The lowest BCUT2D eigenvalue weighted by atomic mass is 10.2. The van der Waals surface area contributed by atoms with Crippen molar-refractivity contribution in [2.24, 2.45) is 5.92 Å². The van der Waals surface area contributed by atoms with Crippen molar-refractivity contribution in [3.05, 3.63) is 75.3 Å². The van der Waals surface area contributed by atoms with Crippen LogP contribution in [-0.2, 0) is 17.9 Å². The molecule has 3 heterocycles. The predicted molar refractivity (Wildman–Crippen MR) is 131 cm³/mol. The minimum atomic E-state index is -5.07. The number of nitrogens with one attached hydrogen (secondary N) is 1. The second kappa shape index (κ2) is 10.3. The van der Waals surface area contributed by atoms with E-state index >= 15 is 0 Å². The van der Waals surface area contributed by atoms with Crippen LogP contribution in [0.5, 0.6) is 0 Å². The third kappa shape index (κ3) is 5.70. The van der Waals surface area contributed by atoms with E-state index in [2.05, 4.69) is 20.2 Å². The standard InChI is InChI=1S/C23H17Cl2F5N8O2/c24-13-5-3-12(4-6-13)18-35-37(10-17-32-11-38(34-17)19-15(25)2-1-7-31-19)21(40)36(18)9-16(23(28,29)30)33-20(39)14-8-22(14,26)27/h1-7,11,14,16H,8-10H2,(H,33,39). The van der Waals surface area contributed by atoms with Crippen LogP contribution in [0.15, 0.2) is 53.7 Å². The third-order valence-corrected chi connectivity index (χ3v) is 6.58. The molecule has 1 amide bonds. The van der Waals surface area contributed by atoms with Crippen molar-refractivity contribution in [1.82, 2.24) is 39.4 Å². The van der Waals surface area contributed by atoms with Crippen LogP contribution in [0.1, 0.15) is 12.2 Å². The molecule has 10 nitrogen and oxygen atoms in total. The topological polar surface area (TPSA) is 113 Å². The Morgan fingerprint density at radius 1 is 1.12 bits per heavy atom. The molecule has 1 fully saturated rings. The Kier molecular flexibility index (Phi) is 7.12. The molecule has 0 spiro atoms.